The molecule has 0 unspecified atom stereocenters. The molecule has 3 aromatic carbocycles. The lowest BCUT2D eigenvalue weighted by Gasteiger charge is -2.15. The van der Waals surface area contributed by atoms with Gasteiger partial charge in [0.05, 0.1) is 17.0 Å². The van der Waals surface area contributed by atoms with E-state index in [1.165, 1.54) is 28.8 Å². The van der Waals surface area contributed by atoms with E-state index in [0.717, 1.165) is 21.6 Å². The van der Waals surface area contributed by atoms with Crippen LogP contribution in [0.2, 0.25) is 5.02 Å². The van der Waals surface area contributed by atoms with Gasteiger partial charge in [-0.2, -0.15) is 0 Å². The number of benzene rings is 3. The van der Waals surface area contributed by atoms with Crippen molar-refractivity contribution in [3.05, 3.63) is 105 Å². The van der Waals surface area contributed by atoms with E-state index in [4.69, 9.17) is 11.6 Å². The third kappa shape index (κ3) is 4.43. The highest BCUT2D eigenvalue weighted by Gasteiger charge is 2.39. The topological polar surface area (TPSA) is 37.4 Å². The predicted octanol–water partition coefficient (Wildman–Crippen LogP) is 6.17. The Labute approximate surface area is 189 Å². The molecule has 31 heavy (non-hydrogen) atoms. The van der Waals surface area contributed by atoms with Crippen molar-refractivity contribution >= 4 is 40.8 Å². The Morgan fingerprint density at radius 3 is 2.23 bits per heavy atom. The lowest BCUT2D eigenvalue weighted by atomic mass is 9.99. The summed E-state index contributed by atoms with van der Waals surface area (Å²) in [7, 11) is 0. The lowest BCUT2D eigenvalue weighted by Crippen LogP contribution is -2.31. The van der Waals surface area contributed by atoms with Crippen LogP contribution in [0.15, 0.2) is 76.5 Å². The van der Waals surface area contributed by atoms with Crippen molar-refractivity contribution in [3.8, 4) is 0 Å². The monoisotopic (exact) mass is 451 g/mol. The molecule has 3 nitrogen and oxygen atoms in total. The van der Waals surface area contributed by atoms with Crippen LogP contribution in [0.1, 0.15) is 22.3 Å². The van der Waals surface area contributed by atoms with Crippen molar-refractivity contribution in [1.29, 1.82) is 0 Å². The highest BCUT2D eigenvalue weighted by atomic mass is 35.5. The number of hydrogen-bond donors (Lipinski definition) is 0. The molecule has 0 aliphatic carbocycles. The fourth-order valence-electron chi connectivity index (χ4n) is 3.52. The molecule has 156 valence electrons. The molecular weight excluding hydrogens is 433 g/mol. The Morgan fingerprint density at radius 1 is 0.903 bits per heavy atom. The Balaban J connectivity index is 1.76. The van der Waals surface area contributed by atoms with E-state index in [-0.39, 0.29) is 24.2 Å². The SMILES string of the molecule is Cc1ccc(C2=C(Sc3ccc(Cl)cc3)C(=O)N(Cc3ccc(F)cc3)C2=O)c(C)c1. The minimum atomic E-state index is -0.365. The molecule has 0 N–H and O–H groups in total. The van der Waals surface area contributed by atoms with Gasteiger partial charge in [-0.05, 0) is 66.9 Å². The summed E-state index contributed by atoms with van der Waals surface area (Å²) in [5.74, 6) is -1.07. The van der Waals surface area contributed by atoms with E-state index < -0.39 is 0 Å². The summed E-state index contributed by atoms with van der Waals surface area (Å²) in [5.41, 5.74) is 3.81. The Kier molecular flexibility index (Phi) is 5.99. The molecule has 3 aromatic rings. The van der Waals surface area contributed by atoms with E-state index in [9.17, 15) is 14.0 Å². The molecule has 0 radical (unpaired) electrons. The number of nitrogens with zero attached hydrogens (tertiary/aromatic N) is 1. The maximum Gasteiger partial charge on any atom is 0.268 e. The van der Waals surface area contributed by atoms with Gasteiger partial charge >= 0.3 is 0 Å². The van der Waals surface area contributed by atoms with Gasteiger partial charge in [0.15, 0.2) is 0 Å². The molecular formula is C25H19ClFNO2S. The van der Waals surface area contributed by atoms with E-state index in [0.29, 0.717) is 21.1 Å². The van der Waals surface area contributed by atoms with Crippen LogP contribution in [0.3, 0.4) is 0 Å². The van der Waals surface area contributed by atoms with Crippen molar-refractivity contribution in [2.24, 2.45) is 0 Å². The average Bonchev–Trinajstić information content (AvgIpc) is 2.96. The van der Waals surface area contributed by atoms with Crippen LogP contribution >= 0.6 is 23.4 Å². The second kappa shape index (κ2) is 8.69. The third-order valence-corrected chi connectivity index (χ3v) is 6.41. The van der Waals surface area contributed by atoms with Crippen LogP contribution in [0.4, 0.5) is 4.39 Å². The molecule has 0 fully saturated rings. The van der Waals surface area contributed by atoms with Gasteiger partial charge in [0, 0.05) is 9.92 Å². The smallest absolute Gasteiger partial charge is 0.268 e. The van der Waals surface area contributed by atoms with Gasteiger partial charge in [0.2, 0.25) is 0 Å². The Morgan fingerprint density at radius 2 is 1.58 bits per heavy atom. The number of imide groups is 1. The third-order valence-electron chi connectivity index (χ3n) is 5.06. The van der Waals surface area contributed by atoms with Crippen LogP contribution in [-0.4, -0.2) is 16.7 Å². The van der Waals surface area contributed by atoms with Gasteiger partial charge in [0.1, 0.15) is 5.82 Å². The summed E-state index contributed by atoms with van der Waals surface area (Å²) in [6, 6.07) is 18.7. The normalized spacial score (nSPS) is 14.0. The summed E-state index contributed by atoms with van der Waals surface area (Å²) in [4.78, 5) is 29.2. The number of rotatable bonds is 5. The lowest BCUT2D eigenvalue weighted by molar-refractivity contribution is -0.137. The number of halogens is 2. The highest BCUT2D eigenvalue weighted by molar-refractivity contribution is 8.04. The van der Waals surface area contributed by atoms with Gasteiger partial charge in [-0.1, -0.05) is 59.3 Å². The zero-order valence-corrected chi connectivity index (χ0v) is 18.6. The van der Waals surface area contributed by atoms with Crippen LogP contribution in [0, 0.1) is 19.7 Å². The minimum Gasteiger partial charge on any atom is -0.269 e. The molecule has 2 amide bonds. The first-order valence-corrected chi connectivity index (χ1v) is 10.9. The summed E-state index contributed by atoms with van der Waals surface area (Å²) < 4.78 is 13.3. The minimum absolute atomic E-state index is 0.0804. The predicted molar refractivity (Wildman–Crippen MR) is 122 cm³/mol. The summed E-state index contributed by atoms with van der Waals surface area (Å²) in [6.07, 6.45) is 0. The average molecular weight is 452 g/mol. The number of carbonyl (C=O) groups is 2. The van der Waals surface area contributed by atoms with Crippen molar-refractivity contribution in [1.82, 2.24) is 4.90 Å². The van der Waals surface area contributed by atoms with Crippen molar-refractivity contribution in [2.45, 2.75) is 25.3 Å². The molecule has 0 saturated carbocycles. The van der Waals surface area contributed by atoms with Crippen molar-refractivity contribution in [3.63, 3.8) is 0 Å². The largest absolute Gasteiger partial charge is 0.269 e. The van der Waals surface area contributed by atoms with Gasteiger partial charge < -0.3 is 0 Å². The fourth-order valence-corrected chi connectivity index (χ4v) is 4.65. The molecule has 6 heteroatoms. The Bertz CT molecular complexity index is 1200. The number of amides is 2. The second-order valence-electron chi connectivity index (χ2n) is 7.40. The van der Waals surface area contributed by atoms with Gasteiger partial charge in [-0.15, -0.1) is 0 Å². The summed E-state index contributed by atoms with van der Waals surface area (Å²) in [6.45, 7) is 3.99. The molecule has 0 spiro atoms. The fraction of sp³-hybridized carbons (Fsp3) is 0.120. The van der Waals surface area contributed by atoms with Gasteiger partial charge in [0.25, 0.3) is 11.8 Å². The number of thioether (sulfide) groups is 1. The van der Waals surface area contributed by atoms with Crippen molar-refractivity contribution < 1.29 is 14.0 Å². The quantitative estimate of drug-likeness (QED) is 0.435. The van der Waals surface area contributed by atoms with E-state index >= 15 is 0 Å². The molecule has 1 aliphatic rings. The van der Waals surface area contributed by atoms with E-state index in [1.807, 2.05) is 44.2 Å². The first kappa shape index (κ1) is 21.3. The first-order valence-electron chi connectivity index (χ1n) is 9.69. The second-order valence-corrected chi connectivity index (χ2v) is 8.92. The maximum absolute atomic E-state index is 13.4. The number of aryl methyl sites for hydroxylation is 2. The Hall–Kier alpha value is -2.89. The first-order chi connectivity index (χ1) is 14.8. The zero-order valence-electron chi connectivity index (χ0n) is 17.0. The van der Waals surface area contributed by atoms with Crippen LogP contribution < -0.4 is 0 Å². The molecule has 1 heterocycles. The van der Waals surface area contributed by atoms with Crippen LogP contribution in [-0.2, 0) is 16.1 Å². The zero-order chi connectivity index (χ0) is 22.1. The maximum atomic E-state index is 13.4. The van der Waals surface area contributed by atoms with Crippen LogP contribution in [0.25, 0.3) is 5.57 Å². The highest BCUT2D eigenvalue weighted by Crippen LogP contribution is 2.41. The van der Waals surface area contributed by atoms with Gasteiger partial charge in [-0.3, -0.25) is 14.5 Å². The summed E-state index contributed by atoms with van der Waals surface area (Å²) in [5, 5.41) is 0.597. The van der Waals surface area contributed by atoms with E-state index in [2.05, 4.69) is 0 Å². The molecule has 4 rings (SSSR count). The van der Waals surface area contributed by atoms with Gasteiger partial charge in [-0.25, -0.2) is 4.39 Å². The van der Waals surface area contributed by atoms with Crippen LogP contribution in [0.5, 0.6) is 0 Å². The molecule has 0 atom stereocenters. The molecule has 0 aromatic heterocycles. The van der Waals surface area contributed by atoms with E-state index in [1.54, 1.807) is 24.3 Å². The molecule has 0 saturated heterocycles. The standard InChI is InChI=1S/C25H19ClFNO2S/c1-15-3-12-21(16(2)13-15)22-23(31-20-10-6-18(26)7-11-20)25(30)28(24(22)29)14-17-4-8-19(27)9-5-17/h3-13H,14H2,1-2H3. The number of hydrogen-bond acceptors (Lipinski definition) is 3. The summed E-state index contributed by atoms with van der Waals surface area (Å²) >= 11 is 7.24. The van der Waals surface area contributed by atoms with Crippen molar-refractivity contribution in [2.75, 3.05) is 0 Å². The number of carbonyl (C=O) groups excluding carboxylic acids is 2. The molecule has 0 bridgehead atoms. The molecule has 1 aliphatic heterocycles.